The second kappa shape index (κ2) is 9.78. The van der Waals surface area contributed by atoms with Crippen molar-refractivity contribution in [3.05, 3.63) is 89.0 Å². The molecule has 0 unspecified atom stereocenters. The van der Waals surface area contributed by atoms with E-state index in [2.05, 4.69) is 0 Å². The van der Waals surface area contributed by atoms with E-state index in [0.29, 0.717) is 28.9 Å². The highest BCUT2D eigenvalue weighted by atomic mass is 32.2. The summed E-state index contributed by atoms with van der Waals surface area (Å²) < 4.78 is 36.9. The predicted molar refractivity (Wildman–Crippen MR) is 125 cm³/mol. The van der Waals surface area contributed by atoms with E-state index in [1.807, 2.05) is 30.3 Å². The number of sulfone groups is 1. The Labute approximate surface area is 193 Å². The minimum atomic E-state index is -3.73. The quantitative estimate of drug-likeness (QED) is 0.298. The summed E-state index contributed by atoms with van der Waals surface area (Å²) in [7, 11) is -4.77. The van der Waals surface area contributed by atoms with Gasteiger partial charge in [0.15, 0.2) is 9.84 Å². The summed E-state index contributed by atoms with van der Waals surface area (Å²) in [6, 6.07) is 19.1. The first-order valence-electron chi connectivity index (χ1n) is 10.5. The number of nitrogen functional groups attached to an aromatic ring is 1. The number of hydrogen-bond donors (Lipinski definition) is 2. The molecule has 3 aromatic carbocycles. The highest BCUT2D eigenvalue weighted by molar-refractivity contribution is 7.90. The summed E-state index contributed by atoms with van der Waals surface area (Å²) in [5.41, 5.74) is 9.62. The number of hydrogen-bond acceptors (Lipinski definition) is 7. The van der Waals surface area contributed by atoms with Gasteiger partial charge in [-0.05, 0) is 52.3 Å². The molecule has 0 atom stereocenters. The Morgan fingerprint density at radius 3 is 2.64 bits per heavy atom. The molecule has 0 fully saturated rings. The highest BCUT2D eigenvalue weighted by Crippen LogP contribution is 2.25. The van der Waals surface area contributed by atoms with Crippen molar-refractivity contribution >= 4 is 34.1 Å². The number of anilines is 1. The standard InChI is InChI=1S/C24H24BNO6S/c26-21-9-10-23(19(13-21)8-11-24(27)31-14-17-4-2-1-3-5-17)33(29,30)16-18-6-7-20-15-32-25(28)22(20)12-18/h1-7,9-10,12-13,28H,8,11,14-16,26H2. The summed E-state index contributed by atoms with van der Waals surface area (Å²) in [4.78, 5) is 12.4. The highest BCUT2D eigenvalue weighted by Gasteiger charge is 2.28. The van der Waals surface area contributed by atoms with Gasteiger partial charge < -0.3 is 20.1 Å². The van der Waals surface area contributed by atoms with Gasteiger partial charge in [0.05, 0.1) is 17.3 Å². The number of ether oxygens (including phenoxy) is 1. The number of fused-ring (bicyclic) bond motifs is 1. The van der Waals surface area contributed by atoms with Crippen molar-refractivity contribution in [2.75, 3.05) is 5.73 Å². The fourth-order valence-electron chi connectivity index (χ4n) is 3.80. The van der Waals surface area contributed by atoms with Crippen LogP contribution in [0.1, 0.15) is 28.7 Å². The molecule has 3 N–H and O–H groups in total. The molecule has 7 nitrogen and oxygen atoms in total. The molecule has 1 heterocycles. The molecule has 0 saturated carbocycles. The van der Waals surface area contributed by atoms with Crippen molar-refractivity contribution in [3.63, 3.8) is 0 Å². The van der Waals surface area contributed by atoms with Gasteiger partial charge in [-0.25, -0.2) is 8.42 Å². The van der Waals surface area contributed by atoms with E-state index in [1.165, 1.54) is 12.1 Å². The third kappa shape index (κ3) is 5.62. The van der Waals surface area contributed by atoms with Crippen LogP contribution < -0.4 is 11.2 Å². The van der Waals surface area contributed by atoms with Crippen LogP contribution in [0, 0.1) is 0 Å². The number of benzene rings is 3. The van der Waals surface area contributed by atoms with E-state index < -0.39 is 22.9 Å². The SMILES string of the molecule is Nc1ccc(S(=O)(=O)Cc2ccc3c(c2)B(O)OC3)c(CCC(=O)OCc2ccccc2)c1. The Kier molecular flexibility index (Phi) is 6.83. The molecule has 0 spiro atoms. The minimum absolute atomic E-state index is 0.0290. The molecule has 0 saturated heterocycles. The maximum Gasteiger partial charge on any atom is 0.491 e. The van der Waals surface area contributed by atoms with Crippen LogP contribution in [0.15, 0.2) is 71.6 Å². The summed E-state index contributed by atoms with van der Waals surface area (Å²) in [5, 5.41) is 9.90. The van der Waals surface area contributed by atoms with E-state index >= 15 is 0 Å². The Morgan fingerprint density at radius 1 is 1.06 bits per heavy atom. The van der Waals surface area contributed by atoms with Crippen LogP contribution >= 0.6 is 0 Å². The average Bonchev–Trinajstić information content (AvgIpc) is 3.16. The fraction of sp³-hybridized carbons (Fsp3) is 0.208. The largest absolute Gasteiger partial charge is 0.491 e. The molecule has 0 amide bonds. The van der Waals surface area contributed by atoms with Crippen LogP contribution in [-0.4, -0.2) is 26.5 Å². The summed E-state index contributed by atoms with van der Waals surface area (Å²) >= 11 is 0. The average molecular weight is 465 g/mol. The van der Waals surface area contributed by atoms with Crippen LogP contribution in [0.2, 0.25) is 0 Å². The minimum Gasteiger partial charge on any atom is -0.461 e. The Morgan fingerprint density at radius 2 is 1.85 bits per heavy atom. The fourth-order valence-corrected chi connectivity index (χ4v) is 5.41. The van der Waals surface area contributed by atoms with Crippen molar-refractivity contribution in [1.29, 1.82) is 0 Å². The summed E-state index contributed by atoms with van der Waals surface area (Å²) in [5.74, 6) is -0.667. The molecule has 4 rings (SSSR count). The van der Waals surface area contributed by atoms with Crippen LogP contribution in [0.4, 0.5) is 5.69 Å². The first-order valence-corrected chi connectivity index (χ1v) is 12.2. The molecule has 1 aliphatic heterocycles. The lowest BCUT2D eigenvalue weighted by Crippen LogP contribution is -2.28. The zero-order chi connectivity index (χ0) is 23.4. The Balaban J connectivity index is 1.46. The van der Waals surface area contributed by atoms with Crippen molar-refractivity contribution < 1.29 is 27.6 Å². The predicted octanol–water partition coefficient (Wildman–Crippen LogP) is 2.14. The molecule has 0 aliphatic carbocycles. The van der Waals surface area contributed by atoms with Gasteiger partial charge in [-0.1, -0.05) is 48.5 Å². The van der Waals surface area contributed by atoms with Gasteiger partial charge in [0.25, 0.3) is 0 Å². The van der Waals surface area contributed by atoms with Gasteiger partial charge in [-0.3, -0.25) is 4.79 Å². The topological polar surface area (TPSA) is 116 Å². The van der Waals surface area contributed by atoms with Crippen LogP contribution in [0.5, 0.6) is 0 Å². The third-order valence-electron chi connectivity index (χ3n) is 5.49. The van der Waals surface area contributed by atoms with E-state index in [-0.39, 0.29) is 30.1 Å². The van der Waals surface area contributed by atoms with Gasteiger partial charge >= 0.3 is 13.1 Å². The third-order valence-corrected chi connectivity index (χ3v) is 7.27. The van der Waals surface area contributed by atoms with E-state index in [0.717, 1.165) is 11.1 Å². The summed E-state index contributed by atoms with van der Waals surface area (Å²) in [6.07, 6.45) is 0.213. The molecule has 9 heteroatoms. The molecule has 33 heavy (non-hydrogen) atoms. The first-order chi connectivity index (χ1) is 15.8. The number of rotatable bonds is 8. The lowest BCUT2D eigenvalue weighted by molar-refractivity contribution is -0.144. The molecule has 0 aromatic heterocycles. The number of nitrogens with two attached hydrogens (primary N) is 1. The lowest BCUT2D eigenvalue weighted by atomic mass is 9.79. The van der Waals surface area contributed by atoms with Crippen molar-refractivity contribution in [2.24, 2.45) is 0 Å². The van der Waals surface area contributed by atoms with Gasteiger partial charge in [0.2, 0.25) is 0 Å². The van der Waals surface area contributed by atoms with Crippen LogP contribution in [-0.2, 0) is 49.4 Å². The Bertz CT molecular complexity index is 1260. The maximum absolute atomic E-state index is 13.2. The number of esters is 1. The van der Waals surface area contributed by atoms with Crippen LogP contribution in [0.25, 0.3) is 0 Å². The zero-order valence-electron chi connectivity index (χ0n) is 17.9. The Hall–Kier alpha value is -3.14. The van der Waals surface area contributed by atoms with Gasteiger partial charge in [0, 0.05) is 12.1 Å². The molecular weight excluding hydrogens is 441 g/mol. The smallest absolute Gasteiger partial charge is 0.461 e. The van der Waals surface area contributed by atoms with E-state index in [4.69, 9.17) is 15.1 Å². The number of carbonyl (C=O) groups excluding carboxylic acids is 1. The van der Waals surface area contributed by atoms with Crippen molar-refractivity contribution in [1.82, 2.24) is 0 Å². The van der Waals surface area contributed by atoms with E-state index in [1.54, 1.807) is 24.3 Å². The second-order valence-corrected chi connectivity index (χ2v) is 9.93. The number of aryl methyl sites for hydroxylation is 1. The summed E-state index contributed by atoms with van der Waals surface area (Å²) in [6.45, 7) is 0.460. The molecule has 3 aromatic rings. The van der Waals surface area contributed by atoms with Crippen molar-refractivity contribution in [3.8, 4) is 0 Å². The molecule has 0 bridgehead atoms. The van der Waals surface area contributed by atoms with Crippen LogP contribution in [0.3, 0.4) is 0 Å². The molecule has 0 radical (unpaired) electrons. The molecule has 170 valence electrons. The van der Waals surface area contributed by atoms with Crippen molar-refractivity contribution in [2.45, 2.75) is 36.7 Å². The lowest BCUT2D eigenvalue weighted by Gasteiger charge is -2.12. The maximum atomic E-state index is 13.2. The zero-order valence-corrected chi connectivity index (χ0v) is 18.8. The van der Waals surface area contributed by atoms with Gasteiger partial charge in [-0.2, -0.15) is 0 Å². The molecule has 1 aliphatic rings. The second-order valence-electron chi connectivity index (χ2n) is 7.97. The van der Waals surface area contributed by atoms with Gasteiger partial charge in [-0.15, -0.1) is 0 Å². The normalized spacial score (nSPS) is 13.1. The first kappa shape index (κ1) is 23.0. The van der Waals surface area contributed by atoms with E-state index in [9.17, 15) is 18.2 Å². The van der Waals surface area contributed by atoms with Gasteiger partial charge in [0.1, 0.15) is 6.61 Å². The monoisotopic (exact) mass is 465 g/mol. The number of carbonyl (C=O) groups is 1. The molecular formula is C24H24BNO6S.